The highest BCUT2D eigenvalue weighted by Crippen LogP contribution is 2.29. The summed E-state index contributed by atoms with van der Waals surface area (Å²) in [5, 5.41) is 5.28. The Bertz CT molecular complexity index is 1150. The van der Waals surface area contributed by atoms with Gasteiger partial charge in [0.25, 0.3) is 0 Å². The van der Waals surface area contributed by atoms with E-state index in [9.17, 15) is 13.2 Å². The molecule has 5 nitrogen and oxygen atoms in total. The van der Waals surface area contributed by atoms with Crippen LogP contribution >= 0.6 is 22.9 Å². The van der Waals surface area contributed by atoms with E-state index in [1.54, 1.807) is 0 Å². The molecular weight excluding hydrogens is 428 g/mol. The van der Waals surface area contributed by atoms with E-state index in [1.165, 1.54) is 59.6 Å². The van der Waals surface area contributed by atoms with Gasteiger partial charge in [-0.05, 0) is 67.1 Å². The van der Waals surface area contributed by atoms with Crippen LogP contribution in [0.3, 0.4) is 0 Å². The number of nitrogens with zero attached hydrogens (tertiary/aromatic N) is 1. The molecule has 1 aromatic heterocycles. The molecule has 0 unspecified atom stereocenters. The van der Waals surface area contributed by atoms with Crippen molar-refractivity contribution >= 4 is 43.8 Å². The van der Waals surface area contributed by atoms with Gasteiger partial charge in [-0.25, -0.2) is 13.4 Å². The predicted octanol–water partition coefficient (Wildman–Crippen LogP) is 4.75. The van der Waals surface area contributed by atoms with Crippen molar-refractivity contribution in [1.29, 1.82) is 0 Å². The number of rotatable bonds is 5. The number of aromatic nitrogens is 1. The van der Waals surface area contributed by atoms with E-state index in [2.05, 4.69) is 28.5 Å². The van der Waals surface area contributed by atoms with Crippen LogP contribution in [0.4, 0.5) is 5.13 Å². The summed E-state index contributed by atoms with van der Waals surface area (Å²) in [6, 6.07) is 12.1. The van der Waals surface area contributed by atoms with Gasteiger partial charge >= 0.3 is 0 Å². The molecule has 3 aromatic rings. The molecule has 0 radical (unpaired) electrons. The molecule has 0 aliphatic heterocycles. The highest BCUT2D eigenvalue weighted by Gasteiger charge is 2.20. The molecule has 0 saturated carbocycles. The number of halogens is 1. The summed E-state index contributed by atoms with van der Waals surface area (Å²) in [6.07, 6.45) is 4.64. The Morgan fingerprint density at radius 3 is 2.55 bits per heavy atom. The van der Waals surface area contributed by atoms with Gasteiger partial charge in [-0.2, -0.15) is 0 Å². The lowest BCUT2D eigenvalue weighted by molar-refractivity contribution is -0.113. The van der Waals surface area contributed by atoms with Gasteiger partial charge in [0, 0.05) is 16.0 Å². The first-order valence-electron chi connectivity index (χ1n) is 9.27. The maximum atomic E-state index is 12.4. The second-order valence-electron chi connectivity index (χ2n) is 6.99. The topological polar surface area (TPSA) is 76.1 Å². The molecule has 0 bridgehead atoms. The SMILES string of the molecule is O=C(CS(=O)(=O)c1ccc(Cl)cc1)Nc1nc(-c2ccc3c(c2)CCCC3)cs1. The zero-order valence-corrected chi connectivity index (χ0v) is 17.9. The Labute approximate surface area is 178 Å². The summed E-state index contributed by atoms with van der Waals surface area (Å²) in [5.74, 6) is -1.27. The third kappa shape index (κ3) is 4.69. The maximum absolute atomic E-state index is 12.4. The molecule has 0 saturated heterocycles. The van der Waals surface area contributed by atoms with Crippen molar-refractivity contribution in [3.63, 3.8) is 0 Å². The lowest BCUT2D eigenvalue weighted by Gasteiger charge is -2.16. The summed E-state index contributed by atoms with van der Waals surface area (Å²) in [7, 11) is -3.75. The number of nitrogens with one attached hydrogen (secondary N) is 1. The molecule has 29 heavy (non-hydrogen) atoms. The number of aryl methyl sites for hydroxylation is 2. The summed E-state index contributed by atoms with van der Waals surface area (Å²) in [5.41, 5.74) is 4.55. The normalized spacial score (nSPS) is 13.7. The van der Waals surface area contributed by atoms with Gasteiger partial charge in [0.05, 0.1) is 10.6 Å². The first-order valence-corrected chi connectivity index (χ1v) is 12.2. The van der Waals surface area contributed by atoms with Crippen molar-refractivity contribution in [3.8, 4) is 11.3 Å². The Morgan fingerprint density at radius 2 is 1.79 bits per heavy atom. The maximum Gasteiger partial charge on any atom is 0.241 e. The van der Waals surface area contributed by atoms with Crippen LogP contribution in [0, 0.1) is 0 Å². The van der Waals surface area contributed by atoms with Gasteiger partial charge < -0.3 is 5.32 Å². The van der Waals surface area contributed by atoms with E-state index < -0.39 is 21.5 Å². The predicted molar refractivity (Wildman–Crippen MR) is 116 cm³/mol. The molecule has 2 aromatic carbocycles. The summed E-state index contributed by atoms with van der Waals surface area (Å²) in [4.78, 5) is 16.8. The molecule has 0 spiro atoms. The fourth-order valence-corrected chi connectivity index (χ4v) is 5.41. The number of fused-ring (bicyclic) bond motifs is 1. The van der Waals surface area contributed by atoms with Crippen LogP contribution in [0.15, 0.2) is 52.7 Å². The fourth-order valence-electron chi connectivity index (χ4n) is 3.41. The Kier molecular flexibility index (Phi) is 5.72. The third-order valence-electron chi connectivity index (χ3n) is 4.89. The Hall–Kier alpha value is -2.22. The van der Waals surface area contributed by atoms with Crippen LogP contribution in [0.1, 0.15) is 24.0 Å². The van der Waals surface area contributed by atoms with E-state index in [-0.39, 0.29) is 4.90 Å². The second kappa shape index (κ2) is 8.26. The average Bonchev–Trinajstić information content (AvgIpc) is 3.15. The molecule has 0 fully saturated rings. The standard InChI is InChI=1S/C21H19ClN2O3S2/c22-17-7-9-18(10-8-17)29(26,27)13-20(25)24-21-23-19(12-28-21)16-6-5-14-3-1-2-4-15(14)11-16/h5-12H,1-4,13H2,(H,23,24,25). The molecule has 150 valence electrons. The lowest BCUT2D eigenvalue weighted by Crippen LogP contribution is -2.22. The van der Waals surface area contributed by atoms with Gasteiger partial charge in [0.15, 0.2) is 15.0 Å². The lowest BCUT2D eigenvalue weighted by atomic mass is 9.90. The van der Waals surface area contributed by atoms with Gasteiger partial charge in [0.1, 0.15) is 5.75 Å². The molecule has 4 rings (SSSR count). The number of hydrogen-bond donors (Lipinski definition) is 1. The molecule has 1 N–H and O–H groups in total. The zero-order chi connectivity index (χ0) is 20.4. The minimum Gasteiger partial charge on any atom is -0.301 e. The van der Waals surface area contributed by atoms with Crippen molar-refractivity contribution in [2.45, 2.75) is 30.6 Å². The van der Waals surface area contributed by atoms with Crippen molar-refractivity contribution in [1.82, 2.24) is 4.98 Å². The van der Waals surface area contributed by atoms with Crippen molar-refractivity contribution < 1.29 is 13.2 Å². The molecule has 1 aliphatic rings. The molecule has 1 aliphatic carbocycles. The Balaban J connectivity index is 1.45. The van der Waals surface area contributed by atoms with E-state index >= 15 is 0 Å². The highest BCUT2D eigenvalue weighted by molar-refractivity contribution is 7.92. The van der Waals surface area contributed by atoms with Gasteiger partial charge in [-0.3, -0.25) is 4.79 Å². The molecular formula is C21H19ClN2O3S2. The second-order valence-corrected chi connectivity index (χ2v) is 10.3. The van der Waals surface area contributed by atoms with Crippen molar-refractivity contribution in [2.75, 3.05) is 11.1 Å². The smallest absolute Gasteiger partial charge is 0.241 e. The van der Waals surface area contributed by atoms with Crippen LogP contribution in [0.2, 0.25) is 5.02 Å². The summed E-state index contributed by atoms with van der Waals surface area (Å²) in [6.45, 7) is 0. The van der Waals surface area contributed by atoms with Crippen LogP contribution < -0.4 is 5.32 Å². The minimum atomic E-state index is -3.75. The number of carbonyl (C=O) groups is 1. The minimum absolute atomic E-state index is 0.0611. The van der Waals surface area contributed by atoms with E-state index in [0.29, 0.717) is 10.2 Å². The monoisotopic (exact) mass is 446 g/mol. The van der Waals surface area contributed by atoms with E-state index in [1.807, 2.05) is 5.38 Å². The quantitative estimate of drug-likeness (QED) is 0.613. The molecule has 1 amide bonds. The molecule has 0 atom stereocenters. The number of anilines is 1. The number of carbonyl (C=O) groups excluding carboxylic acids is 1. The largest absolute Gasteiger partial charge is 0.301 e. The number of thiazole rings is 1. The number of sulfone groups is 1. The summed E-state index contributed by atoms with van der Waals surface area (Å²) >= 11 is 7.06. The molecule has 8 heteroatoms. The van der Waals surface area contributed by atoms with E-state index in [0.717, 1.165) is 24.1 Å². The zero-order valence-electron chi connectivity index (χ0n) is 15.5. The number of benzene rings is 2. The van der Waals surface area contributed by atoms with Gasteiger partial charge in [-0.1, -0.05) is 23.7 Å². The van der Waals surface area contributed by atoms with Crippen molar-refractivity contribution in [2.24, 2.45) is 0 Å². The van der Waals surface area contributed by atoms with Crippen molar-refractivity contribution in [3.05, 3.63) is 64.0 Å². The number of amides is 1. The third-order valence-corrected chi connectivity index (χ3v) is 7.53. The van der Waals surface area contributed by atoms with Crippen LogP contribution in [0.25, 0.3) is 11.3 Å². The first-order chi connectivity index (χ1) is 13.9. The number of hydrogen-bond acceptors (Lipinski definition) is 5. The van der Waals surface area contributed by atoms with Gasteiger partial charge in [-0.15, -0.1) is 11.3 Å². The fraction of sp³-hybridized carbons (Fsp3) is 0.238. The van der Waals surface area contributed by atoms with E-state index in [4.69, 9.17) is 11.6 Å². The van der Waals surface area contributed by atoms with Gasteiger partial charge in [0.2, 0.25) is 5.91 Å². The van der Waals surface area contributed by atoms with Crippen LogP contribution in [-0.2, 0) is 27.5 Å². The molecule has 1 heterocycles. The van der Waals surface area contributed by atoms with Crippen LogP contribution in [-0.4, -0.2) is 25.1 Å². The summed E-state index contributed by atoms with van der Waals surface area (Å²) < 4.78 is 24.8. The Morgan fingerprint density at radius 1 is 1.07 bits per heavy atom. The average molecular weight is 447 g/mol. The van der Waals surface area contributed by atoms with Crippen LogP contribution in [0.5, 0.6) is 0 Å². The first kappa shape index (κ1) is 20.1. The highest BCUT2D eigenvalue weighted by atomic mass is 35.5.